The predicted octanol–water partition coefficient (Wildman–Crippen LogP) is 2.97. The van der Waals surface area contributed by atoms with Crippen molar-refractivity contribution >= 4 is 34.9 Å². The van der Waals surface area contributed by atoms with E-state index in [1.54, 1.807) is 4.90 Å². The summed E-state index contributed by atoms with van der Waals surface area (Å²) in [5.74, 6) is -0.0308. The van der Waals surface area contributed by atoms with Gasteiger partial charge in [-0.2, -0.15) is 5.10 Å². The summed E-state index contributed by atoms with van der Waals surface area (Å²) < 4.78 is 4.91. The van der Waals surface area contributed by atoms with Crippen molar-refractivity contribution < 1.29 is 14.3 Å². The topological polar surface area (TPSA) is 78.5 Å². The molecule has 1 aliphatic heterocycles. The van der Waals surface area contributed by atoms with E-state index in [-0.39, 0.29) is 18.4 Å². The molecule has 1 aliphatic rings. The van der Waals surface area contributed by atoms with E-state index in [0.717, 1.165) is 27.7 Å². The highest BCUT2D eigenvalue weighted by Gasteiger charge is 2.25. The van der Waals surface area contributed by atoms with Crippen LogP contribution < -0.4 is 0 Å². The Bertz CT molecular complexity index is 1130. The second-order valence-electron chi connectivity index (χ2n) is 7.67. The number of carbonyl (C=O) groups excluding carboxylic acids is 2. The number of fused-ring (bicyclic) bond motifs is 1. The normalized spacial score (nSPS) is 14.5. The van der Waals surface area contributed by atoms with Gasteiger partial charge < -0.3 is 14.5 Å². The lowest BCUT2D eigenvalue weighted by Gasteiger charge is -2.35. The van der Waals surface area contributed by atoms with Gasteiger partial charge >= 0.3 is 0 Å². The Morgan fingerprint density at radius 1 is 1.06 bits per heavy atom. The Kier molecular flexibility index (Phi) is 6.13. The molecule has 0 saturated carbocycles. The van der Waals surface area contributed by atoms with E-state index >= 15 is 0 Å². The number of nitrogens with zero attached hydrogens (tertiary/aromatic N) is 3. The summed E-state index contributed by atoms with van der Waals surface area (Å²) >= 11 is 0. The van der Waals surface area contributed by atoms with Gasteiger partial charge in [0.1, 0.15) is 6.61 Å². The molecular weight excluding hydrogens is 392 g/mol. The van der Waals surface area contributed by atoms with Crippen molar-refractivity contribution in [2.24, 2.45) is 0 Å². The molecule has 1 saturated heterocycles. The van der Waals surface area contributed by atoms with Crippen LogP contribution in [0.15, 0.2) is 42.5 Å². The standard InChI is InChI=1S/C24H26N4O3/c1-17-15-18(8-10-22-20-5-3-4-6-21(20)25-26-22)7-9-19(17)24(30)28-13-11-27(12-14-28)23(29)16-31-2/h3-10,15H,11-14,16H2,1-2H3,(H,25,26). The molecule has 3 aromatic rings. The Balaban J connectivity index is 1.43. The number of aromatic nitrogens is 2. The van der Waals surface area contributed by atoms with Crippen LogP contribution in [-0.2, 0) is 9.53 Å². The van der Waals surface area contributed by atoms with Gasteiger partial charge in [-0.1, -0.05) is 36.4 Å². The lowest BCUT2D eigenvalue weighted by atomic mass is 10.0. The first-order valence-corrected chi connectivity index (χ1v) is 10.3. The molecule has 2 aromatic carbocycles. The maximum atomic E-state index is 13.0. The van der Waals surface area contributed by atoms with Crippen molar-refractivity contribution in [1.82, 2.24) is 20.0 Å². The number of amides is 2. The maximum absolute atomic E-state index is 13.0. The van der Waals surface area contributed by atoms with Crippen LogP contribution in [0.4, 0.5) is 0 Å². The first kappa shape index (κ1) is 20.8. The van der Waals surface area contributed by atoms with Gasteiger partial charge in [0.15, 0.2) is 0 Å². The lowest BCUT2D eigenvalue weighted by molar-refractivity contribution is -0.136. The molecule has 2 amide bonds. The van der Waals surface area contributed by atoms with Crippen molar-refractivity contribution in [3.63, 3.8) is 0 Å². The number of carbonyl (C=O) groups is 2. The number of hydrogen-bond donors (Lipinski definition) is 1. The minimum absolute atomic E-state index is 0.00478. The van der Waals surface area contributed by atoms with Gasteiger partial charge in [-0.05, 0) is 36.3 Å². The summed E-state index contributed by atoms with van der Waals surface area (Å²) in [7, 11) is 1.51. The average Bonchev–Trinajstić information content (AvgIpc) is 3.21. The lowest BCUT2D eigenvalue weighted by Crippen LogP contribution is -2.51. The number of H-pyrrole nitrogens is 1. The van der Waals surface area contributed by atoms with E-state index in [0.29, 0.717) is 31.7 Å². The van der Waals surface area contributed by atoms with Gasteiger partial charge in [0.2, 0.25) is 5.91 Å². The highest BCUT2D eigenvalue weighted by molar-refractivity contribution is 5.96. The zero-order valence-corrected chi connectivity index (χ0v) is 17.8. The van der Waals surface area contributed by atoms with Gasteiger partial charge in [0.25, 0.3) is 5.91 Å². The van der Waals surface area contributed by atoms with Crippen LogP contribution in [-0.4, -0.2) is 71.7 Å². The number of aromatic amines is 1. The first-order chi connectivity index (χ1) is 15.1. The van der Waals surface area contributed by atoms with Crippen molar-refractivity contribution in [2.75, 3.05) is 39.9 Å². The molecule has 7 heteroatoms. The molecule has 2 heterocycles. The number of hydrogen-bond acceptors (Lipinski definition) is 4. The Labute approximate surface area is 181 Å². The SMILES string of the molecule is COCC(=O)N1CCN(C(=O)c2ccc(C=Cc3n[nH]c4ccccc34)cc2C)CC1. The van der Waals surface area contributed by atoms with Crippen molar-refractivity contribution in [1.29, 1.82) is 0 Å². The molecule has 0 spiro atoms. The minimum atomic E-state index is -0.0355. The van der Waals surface area contributed by atoms with Crippen LogP contribution in [0.25, 0.3) is 23.1 Å². The number of aryl methyl sites for hydroxylation is 1. The number of ether oxygens (including phenoxy) is 1. The molecular formula is C24H26N4O3. The van der Waals surface area contributed by atoms with E-state index in [9.17, 15) is 9.59 Å². The van der Waals surface area contributed by atoms with E-state index in [4.69, 9.17) is 4.74 Å². The van der Waals surface area contributed by atoms with E-state index in [1.165, 1.54) is 7.11 Å². The Morgan fingerprint density at radius 2 is 1.81 bits per heavy atom. The largest absolute Gasteiger partial charge is 0.375 e. The van der Waals surface area contributed by atoms with Crippen molar-refractivity contribution in [2.45, 2.75) is 6.92 Å². The third kappa shape index (κ3) is 4.51. The summed E-state index contributed by atoms with van der Waals surface area (Å²) in [5.41, 5.74) is 4.52. The van der Waals surface area contributed by atoms with E-state index < -0.39 is 0 Å². The molecule has 0 atom stereocenters. The molecule has 1 N–H and O–H groups in total. The molecule has 160 valence electrons. The fourth-order valence-corrected chi connectivity index (χ4v) is 3.86. The van der Waals surface area contributed by atoms with Crippen molar-refractivity contribution in [3.8, 4) is 0 Å². The smallest absolute Gasteiger partial charge is 0.254 e. The molecule has 7 nitrogen and oxygen atoms in total. The van der Waals surface area contributed by atoms with Gasteiger partial charge in [-0.15, -0.1) is 0 Å². The zero-order valence-electron chi connectivity index (χ0n) is 17.8. The number of methoxy groups -OCH3 is 1. The number of para-hydroxylation sites is 1. The van der Waals surface area contributed by atoms with Gasteiger partial charge in [-0.25, -0.2) is 0 Å². The van der Waals surface area contributed by atoms with Gasteiger partial charge in [0.05, 0.1) is 11.2 Å². The summed E-state index contributed by atoms with van der Waals surface area (Å²) in [6.07, 6.45) is 3.98. The van der Waals surface area contributed by atoms with Crippen LogP contribution in [0.2, 0.25) is 0 Å². The summed E-state index contributed by atoms with van der Waals surface area (Å²) in [4.78, 5) is 28.5. The number of rotatable bonds is 5. The van der Waals surface area contributed by atoms with Crippen LogP contribution in [0.3, 0.4) is 0 Å². The fourth-order valence-electron chi connectivity index (χ4n) is 3.86. The third-order valence-electron chi connectivity index (χ3n) is 5.60. The van der Waals surface area contributed by atoms with Crippen LogP contribution in [0, 0.1) is 6.92 Å². The minimum Gasteiger partial charge on any atom is -0.375 e. The summed E-state index contributed by atoms with van der Waals surface area (Å²) in [5, 5.41) is 8.47. The Hall–Kier alpha value is -3.45. The number of nitrogens with one attached hydrogen (secondary N) is 1. The van der Waals surface area contributed by atoms with Gasteiger partial charge in [-0.3, -0.25) is 14.7 Å². The fraction of sp³-hybridized carbons (Fsp3) is 0.292. The monoisotopic (exact) mass is 418 g/mol. The molecule has 31 heavy (non-hydrogen) atoms. The molecule has 1 aromatic heterocycles. The highest BCUT2D eigenvalue weighted by atomic mass is 16.5. The summed E-state index contributed by atoms with van der Waals surface area (Å²) in [6.45, 7) is 4.16. The maximum Gasteiger partial charge on any atom is 0.254 e. The number of piperazine rings is 1. The molecule has 0 radical (unpaired) electrons. The molecule has 4 rings (SSSR count). The average molecular weight is 418 g/mol. The highest BCUT2D eigenvalue weighted by Crippen LogP contribution is 2.20. The second kappa shape index (κ2) is 9.14. The number of benzene rings is 2. The molecule has 0 unspecified atom stereocenters. The Morgan fingerprint density at radius 3 is 2.55 bits per heavy atom. The predicted molar refractivity (Wildman–Crippen MR) is 121 cm³/mol. The first-order valence-electron chi connectivity index (χ1n) is 10.3. The van der Waals surface area contributed by atoms with E-state index in [2.05, 4.69) is 10.2 Å². The van der Waals surface area contributed by atoms with Crippen molar-refractivity contribution in [3.05, 3.63) is 64.8 Å². The quantitative estimate of drug-likeness (QED) is 0.691. The van der Waals surface area contributed by atoms with Crippen LogP contribution >= 0.6 is 0 Å². The molecule has 1 fully saturated rings. The van der Waals surface area contributed by atoms with E-state index in [1.807, 2.05) is 66.4 Å². The second-order valence-corrected chi connectivity index (χ2v) is 7.67. The van der Waals surface area contributed by atoms with Crippen LogP contribution in [0.1, 0.15) is 27.2 Å². The van der Waals surface area contributed by atoms with Gasteiger partial charge in [0, 0.05) is 44.2 Å². The summed E-state index contributed by atoms with van der Waals surface area (Å²) in [6, 6.07) is 13.8. The molecule has 0 bridgehead atoms. The zero-order chi connectivity index (χ0) is 21.8. The third-order valence-corrected chi connectivity index (χ3v) is 5.60. The molecule has 0 aliphatic carbocycles. The van der Waals surface area contributed by atoms with Crippen LogP contribution in [0.5, 0.6) is 0 Å².